The molecule has 19 heavy (non-hydrogen) atoms. The number of rotatable bonds is 8. The first-order valence-electron chi connectivity index (χ1n) is 7.98. The molecule has 1 saturated carbocycles. The van der Waals surface area contributed by atoms with E-state index in [1.54, 1.807) is 6.92 Å². The Morgan fingerprint density at radius 3 is 2.32 bits per heavy atom. The molecule has 0 aliphatic heterocycles. The molecule has 2 heteroatoms. The molecule has 0 atom stereocenters. The Hall–Kier alpha value is -0.790. The van der Waals surface area contributed by atoms with Crippen molar-refractivity contribution in [1.29, 1.82) is 0 Å². The maximum atomic E-state index is 11.8. The molecular weight excluding hydrogens is 236 g/mol. The second kappa shape index (κ2) is 8.39. The first-order valence-corrected chi connectivity index (χ1v) is 7.98. The first kappa shape index (κ1) is 16.3. The highest BCUT2D eigenvalue weighted by atomic mass is 16.6. The van der Waals surface area contributed by atoms with Crippen LogP contribution in [0.25, 0.3) is 0 Å². The van der Waals surface area contributed by atoms with Crippen LogP contribution in [0, 0.1) is 0 Å². The predicted molar refractivity (Wildman–Crippen MR) is 80.1 cm³/mol. The van der Waals surface area contributed by atoms with Gasteiger partial charge in [-0.05, 0) is 45.4 Å². The van der Waals surface area contributed by atoms with Gasteiger partial charge in [0.05, 0.1) is 0 Å². The molecule has 0 amide bonds. The molecule has 0 aromatic rings. The molecule has 1 aliphatic carbocycles. The van der Waals surface area contributed by atoms with E-state index in [9.17, 15) is 4.79 Å². The fraction of sp³-hybridized carbons (Fsp3) is 0.824. The van der Waals surface area contributed by atoms with Gasteiger partial charge in [0.1, 0.15) is 5.60 Å². The van der Waals surface area contributed by atoms with E-state index in [1.807, 2.05) is 0 Å². The van der Waals surface area contributed by atoms with Crippen molar-refractivity contribution in [3.63, 3.8) is 0 Å². The summed E-state index contributed by atoms with van der Waals surface area (Å²) in [5, 5.41) is 0. The Morgan fingerprint density at radius 1 is 1.11 bits per heavy atom. The van der Waals surface area contributed by atoms with Gasteiger partial charge >= 0.3 is 5.97 Å². The standard InChI is InChI=1S/C17H30O2/c1-4-5-6-7-9-12-17(13-10-8-11-14-17)19-16(18)15(2)3/h2,4-14H2,1,3H3. The number of unbranched alkanes of at least 4 members (excludes halogenated alkanes) is 4. The van der Waals surface area contributed by atoms with Crippen molar-refractivity contribution >= 4 is 5.97 Å². The van der Waals surface area contributed by atoms with Crippen molar-refractivity contribution in [3.8, 4) is 0 Å². The quantitative estimate of drug-likeness (QED) is 0.344. The Balaban J connectivity index is 2.45. The van der Waals surface area contributed by atoms with Crippen LogP contribution >= 0.6 is 0 Å². The van der Waals surface area contributed by atoms with Crippen LogP contribution in [0.5, 0.6) is 0 Å². The lowest BCUT2D eigenvalue weighted by Crippen LogP contribution is -2.37. The summed E-state index contributed by atoms with van der Waals surface area (Å²) in [6.07, 6.45) is 13.1. The predicted octanol–water partition coefficient (Wildman–Crippen LogP) is 5.17. The molecule has 0 spiro atoms. The molecule has 2 nitrogen and oxygen atoms in total. The highest BCUT2D eigenvalue weighted by molar-refractivity contribution is 5.87. The van der Waals surface area contributed by atoms with Crippen LogP contribution in [0.15, 0.2) is 12.2 Å². The van der Waals surface area contributed by atoms with Gasteiger partial charge in [-0.1, -0.05) is 45.6 Å². The van der Waals surface area contributed by atoms with Crippen LogP contribution in [0.4, 0.5) is 0 Å². The molecule has 0 aromatic carbocycles. The third kappa shape index (κ3) is 5.80. The number of ether oxygens (including phenoxy) is 1. The minimum Gasteiger partial charge on any atom is -0.456 e. The zero-order chi connectivity index (χ0) is 14.1. The molecule has 0 radical (unpaired) electrons. The number of esters is 1. The summed E-state index contributed by atoms with van der Waals surface area (Å²) >= 11 is 0. The number of carbonyl (C=O) groups excluding carboxylic acids is 1. The monoisotopic (exact) mass is 266 g/mol. The van der Waals surface area contributed by atoms with E-state index in [4.69, 9.17) is 4.74 Å². The normalized spacial score (nSPS) is 18.0. The van der Waals surface area contributed by atoms with Gasteiger partial charge in [-0.2, -0.15) is 0 Å². The number of hydrogen-bond donors (Lipinski definition) is 0. The highest BCUT2D eigenvalue weighted by Gasteiger charge is 2.35. The third-order valence-corrected chi connectivity index (χ3v) is 4.16. The van der Waals surface area contributed by atoms with Crippen molar-refractivity contribution in [2.24, 2.45) is 0 Å². The van der Waals surface area contributed by atoms with Crippen molar-refractivity contribution in [3.05, 3.63) is 12.2 Å². The fourth-order valence-electron chi connectivity index (χ4n) is 2.93. The van der Waals surface area contributed by atoms with Gasteiger partial charge in [0.15, 0.2) is 0 Å². The lowest BCUT2D eigenvalue weighted by atomic mass is 9.80. The van der Waals surface area contributed by atoms with Crippen molar-refractivity contribution in [2.45, 2.75) is 90.1 Å². The minimum atomic E-state index is -0.199. The van der Waals surface area contributed by atoms with E-state index < -0.39 is 0 Å². The van der Waals surface area contributed by atoms with E-state index in [-0.39, 0.29) is 11.6 Å². The summed E-state index contributed by atoms with van der Waals surface area (Å²) in [5.74, 6) is -0.199. The second-order valence-electron chi connectivity index (χ2n) is 6.08. The SMILES string of the molecule is C=C(C)C(=O)OC1(CCCCCCC)CCCCC1. The maximum Gasteiger partial charge on any atom is 0.333 e. The Labute approximate surface area is 118 Å². The molecule has 0 N–H and O–H groups in total. The number of hydrogen-bond acceptors (Lipinski definition) is 2. The van der Waals surface area contributed by atoms with E-state index in [0.717, 1.165) is 19.3 Å². The smallest absolute Gasteiger partial charge is 0.333 e. The average Bonchev–Trinajstić information content (AvgIpc) is 2.39. The van der Waals surface area contributed by atoms with E-state index in [2.05, 4.69) is 13.5 Å². The first-order chi connectivity index (χ1) is 9.09. The Bertz CT molecular complexity index is 288. The van der Waals surface area contributed by atoms with E-state index >= 15 is 0 Å². The summed E-state index contributed by atoms with van der Waals surface area (Å²) in [6.45, 7) is 7.67. The zero-order valence-corrected chi connectivity index (χ0v) is 12.8. The second-order valence-corrected chi connectivity index (χ2v) is 6.08. The summed E-state index contributed by atoms with van der Waals surface area (Å²) < 4.78 is 5.81. The molecule has 110 valence electrons. The van der Waals surface area contributed by atoms with Crippen molar-refractivity contribution < 1.29 is 9.53 Å². The van der Waals surface area contributed by atoms with Crippen molar-refractivity contribution in [1.82, 2.24) is 0 Å². The van der Waals surface area contributed by atoms with Gasteiger partial charge in [-0.15, -0.1) is 0 Å². The fourth-order valence-corrected chi connectivity index (χ4v) is 2.93. The van der Waals surface area contributed by atoms with Gasteiger partial charge in [0.25, 0.3) is 0 Å². The molecule has 0 bridgehead atoms. The van der Waals surface area contributed by atoms with Crippen LogP contribution in [0.3, 0.4) is 0 Å². The third-order valence-electron chi connectivity index (χ3n) is 4.16. The maximum absolute atomic E-state index is 11.8. The van der Waals surface area contributed by atoms with Crippen molar-refractivity contribution in [2.75, 3.05) is 0 Å². The summed E-state index contributed by atoms with van der Waals surface area (Å²) in [7, 11) is 0. The largest absolute Gasteiger partial charge is 0.456 e. The Morgan fingerprint density at radius 2 is 1.74 bits per heavy atom. The summed E-state index contributed by atoms with van der Waals surface area (Å²) in [6, 6.07) is 0. The van der Waals surface area contributed by atoms with Gasteiger partial charge in [-0.3, -0.25) is 0 Å². The molecule has 0 saturated heterocycles. The molecule has 0 unspecified atom stereocenters. The van der Waals surface area contributed by atoms with Gasteiger partial charge in [0, 0.05) is 5.57 Å². The molecule has 1 fully saturated rings. The van der Waals surface area contributed by atoms with Crippen LogP contribution in [0.1, 0.15) is 84.5 Å². The Kier molecular flexibility index (Phi) is 7.19. The number of carbonyl (C=O) groups is 1. The van der Waals surface area contributed by atoms with E-state index in [0.29, 0.717) is 5.57 Å². The van der Waals surface area contributed by atoms with Crippen LogP contribution in [0.2, 0.25) is 0 Å². The molecular formula is C17H30O2. The van der Waals surface area contributed by atoms with Crippen LogP contribution < -0.4 is 0 Å². The molecule has 1 rings (SSSR count). The average molecular weight is 266 g/mol. The van der Waals surface area contributed by atoms with Crippen LogP contribution in [-0.2, 0) is 9.53 Å². The van der Waals surface area contributed by atoms with Crippen LogP contribution in [-0.4, -0.2) is 11.6 Å². The summed E-state index contributed by atoms with van der Waals surface area (Å²) in [4.78, 5) is 11.8. The zero-order valence-electron chi connectivity index (χ0n) is 12.8. The lowest BCUT2D eigenvalue weighted by Gasteiger charge is -2.37. The van der Waals surface area contributed by atoms with Gasteiger partial charge in [-0.25, -0.2) is 4.79 Å². The summed E-state index contributed by atoms with van der Waals surface area (Å²) in [5.41, 5.74) is 0.344. The molecule has 0 heterocycles. The minimum absolute atomic E-state index is 0.180. The van der Waals surface area contributed by atoms with E-state index in [1.165, 1.54) is 51.4 Å². The molecule has 0 aromatic heterocycles. The van der Waals surface area contributed by atoms with Gasteiger partial charge in [0.2, 0.25) is 0 Å². The lowest BCUT2D eigenvalue weighted by molar-refractivity contribution is -0.159. The van der Waals surface area contributed by atoms with Gasteiger partial charge < -0.3 is 4.74 Å². The topological polar surface area (TPSA) is 26.3 Å². The highest BCUT2D eigenvalue weighted by Crippen LogP contribution is 2.36. The molecule has 1 aliphatic rings.